The fourth-order valence-corrected chi connectivity index (χ4v) is 2.68. The normalized spacial score (nSPS) is 36.8. The highest BCUT2D eigenvalue weighted by molar-refractivity contribution is 4.83. The zero-order valence-electron chi connectivity index (χ0n) is 8.55. The lowest BCUT2D eigenvalue weighted by atomic mass is 9.73. The summed E-state index contributed by atoms with van der Waals surface area (Å²) in [6, 6.07) is 0.503. The number of rotatable bonds is 3. The van der Waals surface area contributed by atoms with Gasteiger partial charge in [0, 0.05) is 6.04 Å². The van der Waals surface area contributed by atoms with Crippen molar-refractivity contribution >= 4 is 0 Å². The lowest BCUT2D eigenvalue weighted by Gasteiger charge is -2.35. The van der Waals surface area contributed by atoms with Crippen LogP contribution in [-0.4, -0.2) is 6.04 Å². The van der Waals surface area contributed by atoms with E-state index in [-0.39, 0.29) is 0 Å². The summed E-state index contributed by atoms with van der Waals surface area (Å²) in [5.41, 5.74) is 6.13. The molecule has 0 bridgehead atoms. The zero-order valence-corrected chi connectivity index (χ0v) is 8.55. The molecule has 3 atom stereocenters. The van der Waals surface area contributed by atoms with Gasteiger partial charge in [-0.2, -0.15) is 0 Å². The molecule has 1 saturated carbocycles. The Morgan fingerprint density at radius 2 is 2.00 bits per heavy atom. The molecule has 0 aromatic heterocycles. The van der Waals surface area contributed by atoms with Gasteiger partial charge in [0.1, 0.15) is 0 Å². The van der Waals surface area contributed by atoms with Gasteiger partial charge >= 0.3 is 0 Å². The van der Waals surface area contributed by atoms with Crippen LogP contribution in [-0.2, 0) is 0 Å². The molecule has 1 aliphatic carbocycles. The molecule has 0 radical (unpaired) electrons. The maximum absolute atomic E-state index is 6.13. The first kappa shape index (κ1) is 10.0. The lowest BCUT2D eigenvalue weighted by Crippen LogP contribution is -2.38. The first-order chi connectivity index (χ1) is 5.79. The van der Waals surface area contributed by atoms with E-state index in [9.17, 15) is 0 Å². The summed E-state index contributed by atoms with van der Waals surface area (Å²) in [5, 5.41) is 0. The predicted molar refractivity (Wildman–Crippen MR) is 54.0 cm³/mol. The lowest BCUT2D eigenvalue weighted by molar-refractivity contribution is 0.186. The molecular formula is C11H23N. The SMILES string of the molecule is CCCC1C(N)CCCC1CC. The Balaban J connectivity index is 2.47. The van der Waals surface area contributed by atoms with Gasteiger partial charge in [-0.15, -0.1) is 0 Å². The average Bonchev–Trinajstić information content (AvgIpc) is 2.09. The van der Waals surface area contributed by atoms with Crippen molar-refractivity contribution in [1.82, 2.24) is 0 Å². The molecule has 0 saturated heterocycles. The van der Waals surface area contributed by atoms with Gasteiger partial charge in [0.2, 0.25) is 0 Å². The second-order valence-electron chi connectivity index (χ2n) is 4.22. The molecule has 0 aliphatic heterocycles. The van der Waals surface area contributed by atoms with Crippen LogP contribution in [0.3, 0.4) is 0 Å². The van der Waals surface area contributed by atoms with E-state index in [0.717, 1.165) is 11.8 Å². The fourth-order valence-electron chi connectivity index (χ4n) is 2.68. The summed E-state index contributed by atoms with van der Waals surface area (Å²) in [6.45, 7) is 4.58. The van der Waals surface area contributed by atoms with Crippen LogP contribution in [0.2, 0.25) is 0 Å². The maximum atomic E-state index is 6.13. The third-order valence-electron chi connectivity index (χ3n) is 3.41. The topological polar surface area (TPSA) is 26.0 Å². The van der Waals surface area contributed by atoms with Gasteiger partial charge in [0.05, 0.1) is 0 Å². The van der Waals surface area contributed by atoms with Gasteiger partial charge in [-0.05, 0) is 24.7 Å². The minimum absolute atomic E-state index is 0.503. The number of hydrogen-bond acceptors (Lipinski definition) is 1. The molecule has 12 heavy (non-hydrogen) atoms. The van der Waals surface area contributed by atoms with Gasteiger partial charge in [-0.25, -0.2) is 0 Å². The van der Waals surface area contributed by atoms with Gasteiger partial charge in [0.15, 0.2) is 0 Å². The first-order valence-electron chi connectivity index (χ1n) is 5.55. The third kappa shape index (κ3) is 2.22. The minimum Gasteiger partial charge on any atom is -0.327 e. The van der Waals surface area contributed by atoms with Crippen LogP contribution in [0, 0.1) is 11.8 Å². The highest BCUT2D eigenvalue weighted by Gasteiger charge is 2.28. The zero-order chi connectivity index (χ0) is 8.97. The largest absolute Gasteiger partial charge is 0.327 e. The molecule has 1 fully saturated rings. The Hall–Kier alpha value is -0.0400. The highest BCUT2D eigenvalue weighted by atomic mass is 14.7. The Morgan fingerprint density at radius 1 is 1.25 bits per heavy atom. The molecule has 0 amide bonds. The summed E-state index contributed by atoms with van der Waals surface area (Å²) in [6.07, 6.45) is 8.03. The molecule has 1 nitrogen and oxygen atoms in total. The van der Waals surface area contributed by atoms with Crippen molar-refractivity contribution in [1.29, 1.82) is 0 Å². The summed E-state index contributed by atoms with van der Waals surface area (Å²) in [4.78, 5) is 0. The maximum Gasteiger partial charge on any atom is 0.00698 e. The van der Waals surface area contributed by atoms with E-state index >= 15 is 0 Å². The monoisotopic (exact) mass is 169 g/mol. The second kappa shape index (κ2) is 4.86. The fraction of sp³-hybridized carbons (Fsp3) is 1.00. The average molecular weight is 169 g/mol. The third-order valence-corrected chi connectivity index (χ3v) is 3.41. The van der Waals surface area contributed by atoms with E-state index in [2.05, 4.69) is 13.8 Å². The van der Waals surface area contributed by atoms with Gasteiger partial charge in [-0.1, -0.05) is 39.5 Å². The molecular weight excluding hydrogens is 146 g/mol. The van der Waals surface area contributed by atoms with Crippen LogP contribution < -0.4 is 5.73 Å². The van der Waals surface area contributed by atoms with Crippen molar-refractivity contribution in [3.05, 3.63) is 0 Å². The highest BCUT2D eigenvalue weighted by Crippen LogP contribution is 2.34. The van der Waals surface area contributed by atoms with Crippen LogP contribution in [0.15, 0.2) is 0 Å². The summed E-state index contributed by atoms with van der Waals surface area (Å²) in [5.74, 6) is 1.75. The standard InChI is InChI=1S/C11H23N/c1-3-6-10-9(4-2)7-5-8-11(10)12/h9-11H,3-8,12H2,1-2H3. The Morgan fingerprint density at radius 3 is 2.58 bits per heavy atom. The molecule has 0 aromatic carbocycles. The van der Waals surface area contributed by atoms with E-state index < -0.39 is 0 Å². The minimum atomic E-state index is 0.503. The van der Waals surface area contributed by atoms with Crippen LogP contribution >= 0.6 is 0 Å². The van der Waals surface area contributed by atoms with Gasteiger partial charge in [-0.3, -0.25) is 0 Å². The summed E-state index contributed by atoms with van der Waals surface area (Å²) < 4.78 is 0. The Kier molecular flexibility index (Phi) is 4.07. The van der Waals surface area contributed by atoms with Crippen molar-refractivity contribution < 1.29 is 0 Å². The second-order valence-corrected chi connectivity index (χ2v) is 4.22. The van der Waals surface area contributed by atoms with E-state index in [1.807, 2.05) is 0 Å². The molecule has 2 N–H and O–H groups in total. The van der Waals surface area contributed by atoms with E-state index in [0.29, 0.717) is 6.04 Å². The molecule has 72 valence electrons. The Labute approximate surface area is 76.7 Å². The van der Waals surface area contributed by atoms with Crippen LogP contribution in [0.1, 0.15) is 52.4 Å². The van der Waals surface area contributed by atoms with Gasteiger partial charge < -0.3 is 5.73 Å². The quantitative estimate of drug-likeness (QED) is 0.690. The molecule has 0 spiro atoms. The molecule has 0 heterocycles. The molecule has 1 rings (SSSR count). The van der Waals surface area contributed by atoms with Crippen molar-refractivity contribution in [2.45, 2.75) is 58.4 Å². The van der Waals surface area contributed by atoms with E-state index in [1.165, 1.54) is 38.5 Å². The molecule has 1 heteroatoms. The number of nitrogens with two attached hydrogens (primary N) is 1. The molecule has 0 aromatic rings. The van der Waals surface area contributed by atoms with Crippen LogP contribution in [0.4, 0.5) is 0 Å². The molecule has 1 aliphatic rings. The smallest absolute Gasteiger partial charge is 0.00698 e. The summed E-state index contributed by atoms with van der Waals surface area (Å²) >= 11 is 0. The van der Waals surface area contributed by atoms with Crippen molar-refractivity contribution in [2.75, 3.05) is 0 Å². The predicted octanol–water partition coefficient (Wildman–Crippen LogP) is 2.94. The van der Waals surface area contributed by atoms with Gasteiger partial charge in [0.25, 0.3) is 0 Å². The van der Waals surface area contributed by atoms with E-state index in [1.54, 1.807) is 0 Å². The van der Waals surface area contributed by atoms with E-state index in [4.69, 9.17) is 5.73 Å². The van der Waals surface area contributed by atoms with Crippen LogP contribution in [0.25, 0.3) is 0 Å². The first-order valence-corrected chi connectivity index (χ1v) is 5.55. The Bertz CT molecular complexity index is 122. The van der Waals surface area contributed by atoms with Crippen molar-refractivity contribution in [3.63, 3.8) is 0 Å². The number of hydrogen-bond donors (Lipinski definition) is 1. The summed E-state index contributed by atoms with van der Waals surface area (Å²) in [7, 11) is 0. The van der Waals surface area contributed by atoms with Crippen molar-refractivity contribution in [2.24, 2.45) is 17.6 Å². The molecule has 3 unspecified atom stereocenters. The van der Waals surface area contributed by atoms with Crippen LogP contribution in [0.5, 0.6) is 0 Å². The van der Waals surface area contributed by atoms with Crippen molar-refractivity contribution in [3.8, 4) is 0 Å².